The molecule has 5 nitrogen and oxygen atoms in total. The summed E-state index contributed by atoms with van der Waals surface area (Å²) in [7, 11) is -3.10. The van der Waals surface area contributed by atoms with E-state index in [9.17, 15) is 8.42 Å². The molecule has 2 rings (SSSR count). The lowest BCUT2D eigenvalue weighted by atomic mass is 10.3. The smallest absolute Gasteiger partial charge is 0.154 e. The standard InChI is InChI=1S/C9H13N3O2S/c1-15(13,14)5-9-11-7(6-2-3-6)4-8(10)12-9/h4,6H,2-3,5H2,1H3,(H2,10,11,12). The quantitative estimate of drug-likeness (QED) is 0.811. The number of nitrogens with zero attached hydrogens (tertiary/aromatic N) is 2. The highest BCUT2D eigenvalue weighted by Gasteiger charge is 2.26. The van der Waals surface area contributed by atoms with Crippen LogP contribution in [0.5, 0.6) is 0 Å². The fraction of sp³-hybridized carbons (Fsp3) is 0.556. The lowest BCUT2D eigenvalue weighted by molar-refractivity contribution is 0.599. The minimum atomic E-state index is -3.10. The molecule has 0 aromatic carbocycles. The Bertz CT molecular complexity index is 480. The van der Waals surface area contributed by atoms with E-state index in [4.69, 9.17) is 5.73 Å². The van der Waals surface area contributed by atoms with Crippen LogP contribution in [0.4, 0.5) is 5.82 Å². The van der Waals surface area contributed by atoms with E-state index < -0.39 is 9.84 Å². The van der Waals surface area contributed by atoms with Crippen LogP contribution < -0.4 is 5.73 Å². The zero-order valence-electron chi connectivity index (χ0n) is 8.47. The van der Waals surface area contributed by atoms with Crippen molar-refractivity contribution in [2.24, 2.45) is 0 Å². The molecule has 0 radical (unpaired) electrons. The SMILES string of the molecule is CS(=O)(=O)Cc1nc(N)cc(C2CC2)n1. The molecule has 6 heteroatoms. The van der Waals surface area contributed by atoms with Crippen LogP contribution in [-0.4, -0.2) is 24.6 Å². The van der Waals surface area contributed by atoms with Gasteiger partial charge in [0.2, 0.25) is 0 Å². The second-order valence-corrected chi connectivity index (χ2v) is 6.12. The number of nitrogens with two attached hydrogens (primary N) is 1. The fourth-order valence-electron chi connectivity index (χ4n) is 1.43. The first kappa shape index (κ1) is 10.4. The van der Waals surface area contributed by atoms with Gasteiger partial charge in [0.05, 0.1) is 0 Å². The molecule has 1 saturated carbocycles. The van der Waals surface area contributed by atoms with Crippen molar-refractivity contribution in [3.8, 4) is 0 Å². The molecule has 1 aliphatic carbocycles. The molecule has 1 aromatic rings. The number of hydrogen-bond donors (Lipinski definition) is 1. The molecular weight excluding hydrogens is 214 g/mol. The van der Waals surface area contributed by atoms with Crippen LogP contribution in [0, 0.1) is 0 Å². The molecule has 0 saturated heterocycles. The van der Waals surface area contributed by atoms with Gasteiger partial charge < -0.3 is 5.73 Å². The maximum absolute atomic E-state index is 11.1. The van der Waals surface area contributed by atoms with Gasteiger partial charge in [-0.15, -0.1) is 0 Å². The molecule has 15 heavy (non-hydrogen) atoms. The third kappa shape index (κ3) is 2.89. The summed E-state index contributed by atoms with van der Waals surface area (Å²) in [5.41, 5.74) is 6.47. The largest absolute Gasteiger partial charge is 0.384 e. The molecular formula is C9H13N3O2S. The Morgan fingerprint density at radius 2 is 2.13 bits per heavy atom. The molecule has 1 aliphatic rings. The predicted octanol–water partition coefficient (Wildman–Crippen LogP) is 0.481. The summed E-state index contributed by atoms with van der Waals surface area (Å²) >= 11 is 0. The van der Waals surface area contributed by atoms with Crippen LogP contribution in [0.25, 0.3) is 0 Å². The van der Waals surface area contributed by atoms with E-state index in [-0.39, 0.29) is 5.75 Å². The number of hydrogen-bond acceptors (Lipinski definition) is 5. The maximum Gasteiger partial charge on any atom is 0.154 e. The van der Waals surface area contributed by atoms with Crippen molar-refractivity contribution in [3.05, 3.63) is 17.6 Å². The number of nitrogen functional groups attached to an aromatic ring is 1. The van der Waals surface area contributed by atoms with E-state index in [1.165, 1.54) is 0 Å². The van der Waals surface area contributed by atoms with E-state index in [0.29, 0.717) is 17.6 Å². The first-order valence-electron chi connectivity index (χ1n) is 4.75. The Hall–Kier alpha value is -1.17. The van der Waals surface area contributed by atoms with Crippen molar-refractivity contribution in [2.45, 2.75) is 24.5 Å². The monoisotopic (exact) mass is 227 g/mol. The summed E-state index contributed by atoms with van der Waals surface area (Å²) in [5, 5.41) is 0. The highest BCUT2D eigenvalue weighted by molar-refractivity contribution is 7.89. The van der Waals surface area contributed by atoms with E-state index in [0.717, 1.165) is 24.8 Å². The third-order valence-corrected chi connectivity index (χ3v) is 2.98. The number of aromatic nitrogens is 2. The van der Waals surface area contributed by atoms with Gasteiger partial charge in [-0.3, -0.25) is 0 Å². The highest BCUT2D eigenvalue weighted by Crippen LogP contribution is 2.39. The van der Waals surface area contributed by atoms with E-state index in [2.05, 4.69) is 9.97 Å². The van der Waals surface area contributed by atoms with Crippen LogP contribution in [0.15, 0.2) is 6.07 Å². The predicted molar refractivity (Wildman–Crippen MR) is 57.0 cm³/mol. The van der Waals surface area contributed by atoms with Crippen molar-refractivity contribution in [1.82, 2.24) is 9.97 Å². The Balaban J connectivity index is 2.31. The topological polar surface area (TPSA) is 85.9 Å². The van der Waals surface area contributed by atoms with Crippen LogP contribution in [0.2, 0.25) is 0 Å². The van der Waals surface area contributed by atoms with Gasteiger partial charge in [0.1, 0.15) is 17.4 Å². The fourth-order valence-corrected chi connectivity index (χ4v) is 2.02. The second-order valence-electron chi connectivity index (χ2n) is 3.98. The molecule has 1 heterocycles. The van der Waals surface area contributed by atoms with Gasteiger partial charge >= 0.3 is 0 Å². The molecule has 82 valence electrons. The summed E-state index contributed by atoms with van der Waals surface area (Å²) in [4.78, 5) is 8.13. The van der Waals surface area contributed by atoms with Crippen molar-refractivity contribution < 1.29 is 8.42 Å². The Morgan fingerprint density at radius 3 is 2.67 bits per heavy atom. The van der Waals surface area contributed by atoms with Crippen LogP contribution in [-0.2, 0) is 15.6 Å². The normalized spacial score (nSPS) is 16.6. The lowest BCUT2D eigenvalue weighted by Gasteiger charge is -2.03. The second kappa shape index (κ2) is 3.44. The molecule has 1 fully saturated rings. The van der Waals surface area contributed by atoms with Crippen molar-refractivity contribution in [3.63, 3.8) is 0 Å². The van der Waals surface area contributed by atoms with Gasteiger partial charge in [0.15, 0.2) is 9.84 Å². The Labute approximate surface area is 88.7 Å². The lowest BCUT2D eigenvalue weighted by Crippen LogP contribution is -2.08. The molecule has 0 spiro atoms. The van der Waals surface area contributed by atoms with Crippen molar-refractivity contribution in [1.29, 1.82) is 0 Å². The van der Waals surface area contributed by atoms with Gasteiger partial charge in [0.25, 0.3) is 0 Å². The van der Waals surface area contributed by atoms with Gasteiger partial charge in [-0.25, -0.2) is 18.4 Å². The van der Waals surface area contributed by atoms with E-state index in [1.807, 2.05) is 0 Å². The summed E-state index contributed by atoms with van der Waals surface area (Å²) in [6, 6.07) is 1.73. The molecule has 0 amide bonds. The Morgan fingerprint density at radius 1 is 1.47 bits per heavy atom. The summed E-state index contributed by atoms with van der Waals surface area (Å²) in [5.74, 6) is 0.969. The van der Waals surface area contributed by atoms with Crippen LogP contribution in [0.1, 0.15) is 30.3 Å². The summed E-state index contributed by atoms with van der Waals surface area (Å²) in [6.45, 7) is 0. The van der Waals surface area contributed by atoms with E-state index in [1.54, 1.807) is 6.07 Å². The average Bonchev–Trinajstić information content (AvgIpc) is 2.80. The summed E-state index contributed by atoms with van der Waals surface area (Å²) < 4.78 is 22.2. The minimum Gasteiger partial charge on any atom is -0.384 e. The molecule has 0 unspecified atom stereocenters. The first-order valence-corrected chi connectivity index (χ1v) is 6.81. The summed E-state index contributed by atoms with van der Waals surface area (Å²) in [6.07, 6.45) is 3.37. The van der Waals surface area contributed by atoms with Crippen LogP contribution >= 0.6 is 0 Å². The molecule has 2 N–H and O–H groups in total. The van der Waals surface area contributed by atoms with E-state index >= 15 is 0 Å². The highest BCUT2D eigenvalue weighted by atomic mass is 32.2. The van der Waals surface area contributed by atoms with Gasteiger partial charge in [-0.1, -0.05) is 0 Å². The molecule has 0 bridgehead atoms. The number of anilines is 1. The zero-order chi connectivity index (χ0) is 11.1. The van der Waals surface area contributed by atoms with Crippen LogP contribution in [0.3, 0.4) is 0 Å². The molecule has 1 aromatic heterocycles. The van der Waals surface area contributed by atoms with Gasteiger partial charge in [-0.2, -0.15) is 0 Å². The number of sulfone groups is 1. The maximum atomic E-state index is 11.1. The third-order valence-electron chi connectivity index (χ3n) is 2.20. The van der Waals surface area contributed by atoms with Gasteiger partial charge in [-0.05, 0) is 12.8 Å². The van der Waals surface area contributed by atoms with Crippen molar-refractivity contribution in [2.75, 3.05) is 12.0 Å². The first-order chi connectivity index (χ1) is 6.94. The zero-order valence-corrected chi connectivity index (χ0v) is 9.29. The van der Waals surface area contributed by atoms with Gasteiger partial charge in [0, 0.05) is 23.9 Å². The molecule has 0 atom stereocenters. The molecule has 0 aliphatic heterocycles. The van der Waals surface area contributed by atoms with Crippen molar-refractivity contribution >= 4 is 15.7 Å². The number of rotatable bonds is 3. The Kier molecular flexibility index (Phi) is 2.38. The average molecular weight is 227 g/mol. The minimum absolute atomic E-state index is 0.141.